The number of nitrogens with one attached hydrogen (secondary N) is 3. The van der Waals surface area contributed by atoms with Crippen molar-refractivity contribution < 1.29 is 19.1 Å². The van der Waals surface area contributed by atoms with Crippen molar-refractivity contribution in [1.29, 1.82) is 0 Å². The fraction of sp³-hybridized carbons (Fsp3) is 0.425. The number of aromatic nitrogens is 4. The van der Waals surface area contributed by atoms with E-state index in [-0.39, 0.29) is 35.7 Å². The summed E-state index contributed by atoms with van der Waals surface area (Å²) < 4.78 is 4.73. The highest BCUT2D eigenvalue weighted by atomic mass is 16.5. The number of likely N-dealkylation sites (tertiary alicyclic amines) is 1. The average molecular weight is 709 g/mol. The van der Waals surface area contributed by atoms with Gasteiger partial charge >= 0.3 is 6.09 Å². The van der Waals surface area contributed by atoms with E-state index in [0.29, 0.717) is 6.54 Å². The number of amides is 3. The van der Waals surface area contributed by atoms with Crippen LogP contribution >= 0.6 is 0 Å². The van der Waals surface area contributed by atoms with Crippen LogP contribution in [0.1, 0.15) is 76.3 Å². The maximum atomic E-state index is 13.4. The number of nitrogens with zero attached hydrogens (tertiary/aromatic N) is 4. The van der Waals surface area contributed by atoms with Crippen molar-refractivity contribution in [3.8, 4) is 34.4 Å². The third-order valence-corrected chi connectivity index (χ3v) is 9.02. The summed E-state index contributed by atoms with van der Waals surface area (Å²) in [7, 11) is 5.01. The number of nitrogens with two attached hydrogens (primary N) is 1. The molecule has 0 bridgehead atoms. The zero-order chi connectivity index (χ0) is 37.9. The molecule has 0 aliphatic carbocycles. The first-order chi connectivity index (χ1) is 24.8. The Morgan fingerprint density at radius 1 is 0.923 bits per heavy atom. The topological polar surface area (TPSA) is 162 Å². The van der Waals surface area contributed by atoms with Crippen LogP contribution in [-0.2, 0) is 20.7 Å². The molecule has 12 nitrogen and oxygen atoms in total. The van der Waals surface area contributed by atoms with Crippen LogP contribution < -0.4 is 11.1 Å². The van der Waals surface area contributed by atoms with Gasteiger partial charge in [0.2, 0.25) is 11.8 Å². The third kappa shape index (κ3) is 10.1. The molecule has 3 atom stereocenters. The van der Waals surface area contributed by atoms with E-state index in [2.05, 4.69) is 44.0 Å². The molecular weight excluding hydrogens is 656 g/mol. The third-order valence-electron chi connectivity index (χ3n) is 9.02. The number of alkyl carbamates (subject to hydrolysis) is 1. The Morgan fingerprint density at radius 3 is 1.92 bits per heavy atom. The summed E-state index contributed by atoms with van der Waals surface area (Å²) in [5, 5.41) is 2.69. The number of likely N-dealkylation sites (N-methyl/N-ethyl adjacent to an activating group) is 1. The largest absolute Gasteiger partial charge is 0.453 e. The van der Waals surface area contributed by atoms with Gasteiger partial charge in [0.25, 0.3) is 0 Å². The molecule has 1 aliphatic rings. The lowest BCUT2D eigenvalue weighted by Gasteiger charge is -2.30. The van der Waals surface area contributed by atoms with E-state index in [1.807, 2.05) is 106 Å². The molecule has 2 aromatic carbocycles. The number of benzene rings is 2. The molecule has 0 saturated carbocycles. The highest BCUT2D eigenvalue weighted by molar-refractivity contribution is 5.86. The predicted octanol–water partition coefficient (Wildman–Crippen LogP) is 5.53. The van der Waals surface area contributed by atoms with Crippen molar-refractivity contribution in [3.63, 3.8) is 0 Å². The van der Waals surface area contributed by atoms with Crippen molar-refractivity contribution in [1.82, 2.24) is 35.1 Å². The van der Waals surface area contributed by atoms with Gasteiger partial charge in [0.1, 0.15) is 17.7 Å². The van der Waals surface area contributed by atoms with Crippen LogP contribution in [0.3, 0.4) is 0 Å². The van der Waals surface area contributed by atoms with Crippen LogP contribution in [0, 0.1) is 23.7 Å². The van der Waals surface area contributed by atoms with Crippen LogP contribution in [0.5, 0.6) is 0 Å². The highest BCUT2D eigenvalue weighted by Crippen LogP contribution is 2.32. The summed E-state index contributed by atoms with van der Waals surface area (Å²) in [4.78, 5) is 55.4. The van der Waals surface area contributed by atoms with Crippen LogP contribution in [0.2, 0.25) is 0 Å². The second-order valence-corrected chi connectivity index (χ2v) is 13.8. The normalized spacial score (nSPS) is 15.1. The van der Waals surface area contributed by atoms with Gasteiger partial charge in [-0.2, -0.15) is 0 Å². The molecular formula is C40H52N8O4. The van der Waals surface area contributed by atoms with Gasteiger partial charge in [-0.25, -0.2) is 14.8 Å². The van der Waals surface area contributed by atoms with E-state index in [1.165, 1.54) is 7.11 Å². The lowest BCUT2D eigenvalue weighted by Crippen LogP contribution is -2.51. The maximum Gasteiger partial charge on any atom is 0.407 e. The summed E-state index contributed by atoms with van der Waals surface area (Å²) in [5.74, 6) is 8.02. The van der Waals surface area contributed by atoms with Crippen LogP contribution in [0.4, 0.5) is 4.79 Å². The number of H-pyrrole nitrogens is 2. The van der Waals surface area contributed by atoms with Gasteiger partial charge in [0.05, 0.1) is 43.0 Å². The minimum absolute atomic E-state index is 0.0814. The Kier molecular flexibility index (Phi) is 13.8. The fourth-order valence-corrected chi connectivity index (χ4v) is 6.32. The number of carbonyl (C=O) groups is 3. The predicted molar refractivity (Wildman–Crippen MR) is 203 cm³/mol. The van der Waals surface area contributed by atoms with Gasteiger partial charge in [-0.3, -0.25) is 14.5 Å². The summed E-state index contributed by atoms with van der Waals surface area (Å²) in [6, 6.07) is 15.2. The van der Waals surface area contributed by atoms with Gasteiger partial charge in [-0.15, -0.1) is 0 Å². The second-order valence-electron chi connectivity index (χ2n) is 13.8. The van der Waals surface area contributed by atoms with Crippen molar-refractivity contribution in [3.05, 3.63) is 83.7 Å². The first kappa shape index (κ1) is 39.4. The van der Waals surface area contributed by atoms with Crippen LogP contribution in [-0.4, -0.2) is 87.5 Å². The standard InChI is InChI=1S/C33H36N6O3.C7H16N2O/c1-5-29-34-19-26(36-29)24-14-10-22(11-15-24)8-9-23-12-16-25(17-13-23)27-20-35-31(37-27)28-7-6-18-39(28)32(40)30(21(2)3)38-33(41)42-4;1-5(2)6(7(8)10)9(3)4/h10-17,19-21,28,30H,5-7,18H2,1-4H3,(H,34,36)(H,35,37)(H,38,41);5-6H,1-4H3,(H2,8,10). The minimum Gasteiger partial charge on any atom is -0.453 e. The lowest BCUT2D eigenvalue weighted by molar-refractivity contribution is -0.135. The molecule has 2 aromatic heterocycles. The summed E-state index contributed by atoms with van der Waals surface area (Å²) >= 11 is 0. The summed E-state index contributed by atoms with van der Waals surface area (Å²) in [5.41, 5.74) is 11.0. The Labute approximate surface area is 306 Å². The summed E-state index contributed by atoms with van der Waals surface area (Å²) in [6.07, 6.45) is 5.60. The Balaban J connectivity index is 0.000000530. The second kappa shape index (κ2) is 18.2. The zero-order valence-electron chi connectivity index (χ0n) is 31.5. The molecule has 3 amide bonds. The van der Waals surface area contributed by atoms with E-state index in [1.54, 1.807) is 6.20 Å². The molecule has 0 spiro atoms. The first-order valence-electron chi connectivity index (χ1n) is 17.7. The number of primary amides is 1. The Bertz CT molecular complexity index is 1840. The molecule has 1 fully saturated rings. The molecule has 4 aromatic rings. The lowest BCUT2D eigenvalue weighted by atomic mass is 10.0. The average Bonchev–Trinajstić information content (AvgIpc) is 3.91. The van der Waals surface area contributed by atoms with E-state index in [0.717, 1.165) is 64.6 Å². The number of aromatic amines is 2. The molecule has 5 rings (SSSR count). The maximum absolute atomic E-state index is 13.4. The van der Waals surface area contributed by atoms with Gasteiger partial charge in [-0.1, -0.05) is 70.7 Å². The SMILES string of the molecule is CC(C)C(C(N)=O)N(C)C.CCc1ncc(-c2ccc(C#Cc3ccc(-c4cnc(C5CCCN5C(=O)C(NC(=O)OC)C(C)C)[nH]4)cc3)cc2)[nH]1. The number of aryl methyl sites for hydroxylation is 1. The van der Waals surface area contributed by atoms with Crippen molar-refractivity contribution >= 4 is 17.9 Å². The number of ether oxygens (including phenoxy) is 1. The first-order valence-corrected chi connectivity index (χ1v) is 17.7. The summed E-state index contributed by atoms with van der Waals surface area (Å²) in [6.45, 7) is 10.5. The van der Waals surface area contributed by atoms with Gasteiger partial charge in [0.15, 0.2) is 0 Å². The van der Waals surface area contributed by atoms with Crippen molar-refractivity contribution in [2.45, 2.75) is 72.0 Å². The van der Waals surface area contributed by atoms with E-state index < -0.39 is 12.1 Å². The molecule has 1 saturated heterocycles. The van der Waals surface area contributed by atoms with Crippen LogP contribution in [0.25, 0.3) is 22.5 Å². The molecule has 0 radical (unpaired) electrons. The number of carbonyl (C=O) groups excluding carboxylic acids is 3. The van der Waals surface area contributed by atoms with Crippen LogP contribution in [0.15, 0.2) is 60.9 Å². The fourth-order valence-electron chi connectivity index (χ4n) is 6.32. The number of hydrogen-bond donors (Lipinski definition) is 4. The number of hydrogen-bond acceptors (Lipinski definition) is 7. The molecule has 3 heterocycles. The highest BCUT2D eigenvalue weighted by Gasteiger charge is 2.37. The van der Waals surface area contributed by atoms with Gasteiger partial charge in [-0.05, 0) is 74.2 Å². The number of imidazole rings is 2. The molecule has 12 heteroatoms. The number of methoxy groups -OCH3 is 1. The van der Waals surface area contributed by atoms with Gasteiger partial charge < -0.3 is 30.7 Å². The molecule has 3 unspecified atom stereocenters. The Morgan fingerprint density at radius 2 is 1.48 bits per heavy atom. The van der Waals surface area contributed by atoms with Crippen molar-refractivity contribution in [2.24, 2.45) is 17.6 Å². The number of rotatable bonds is 10. The van der Waals surface area contributed by atoms with Gasteiger partial charge in [0, 0.05) is 24.1 Å². The Hall–Kier alpha value is -5.41. The minimum atomic E-state index is -0.663. The monoisotopic (exact) mass is 708 g/mol. The van der Waals surface area contributed by atoms with E-state index >= 15 is 0 Å². The smallest absolute Gasteiger partial charge is 0.407 e. The quantitative estimate of drug-likeness (QED) is 0.158. The molecule has 1 aliphatic heterocycles. The van der Waals surface area contributed by atoms with E-state index in [4.69, 9.17) is 10.5 Å². The molecule has 52 heavy (non-hydrogen) atoms. The van der Waals surface area contributed by atoms with E-state index in [9.17, 15) is 14.4 Å². The van der Waals surface area contributed by atoms with Crippen molar-refractivity contribution in [2.75, 3.05) is 27.7 Å². The zero-order valence-corrected chi connectivity index (χ0v) is 31.5. The molecule has 5 N–H and O–H groups in total. The molecule has 276 valence electrons.